The monoisotopic (exact) mass is 318 g/mol. The lowest BCUT2D eigenvalue weighted by Crippen LogP contribution is -1.98. The van der Waals surface area contributed by atoms with E-state index in [1.807, 2.05) is 50.2 Å². The smallest absolute Gasteiger partial charge is 0.182 e. The SMILES string of the molecule is CC.N#Cc1ncc(Br)cc1OCc1ccccc1. The molecule has 0 saturated carbocycles. The Morgan fingerprint density at radius 1 is 1.26 bits per heavy atom. The largest absolute Gasteiger partial charge is 0.486 e. The van der Waals surface area contributed by atoms with Crippen molar-refractivity contribution in [2.45, 2.75) is 20.5 Å². The molecule has 0 spiro atoms. The third kappa shape index (κ3) is 4.72. The highest BCUT2D eigenvalue weighted by Gasteiger charge is 2.05. The minimum atomic E-state index is 0.295. The van der Waals surface area contributed by atoms with Crippen LogP contribution >= 0.6 is 15.9 Å². The second-order valence-corrected chi connectivity index (χ2v) is 4.30. The maximum Gasteiger partial charge on any atom is 0.182 e. The van der Waals surface area contributed by atoms with Crippen LogP contribution in [0.5, 0.6) is 5.75 Å². The first-order chi connectivity index (χ1) is 9.29. The summed E-state index contributed by atoms with van der Waals surface area (Å²) in [5.41, 5.74) is 1.35. The lowest BCUT2D eigenvalue weighted by Gasteiger charge is -2.07. The second kappa shape index (κ2) is 8.28. The van der Waals surface area contributed by atoms with Crippen LogP contribution in [0.3, 0.4) is 0 Å². The van der Waals surface area contributed by atoms with E-state index in [-0.39, 0.29) is 0 Å². The van der Waals surface area contributed by atoms with Crippen molar-refractivity contribution in [1.29, 1.82) is 5.26 Å². The highest BCUT2D eigenvalue weighted by atomic mass is 79.9. The predicted octanol–water partition coefficient (Wildman–Crippen LogP) is 4.32. The molecule has 0 aliphatic carbocycles. The van der Waals surface area contributed by atoms with Gasteiger partial charge in [0.2, 0.25) is 0 Å². The molecule has 0 aliphatic heterocycles. The molecule has 2 rings (SSSR count). The van der Waals surface area contributed by atoms with Gasteiger partial charge in [0.15, 0.2) is 11.4 Å². The number of aromatic nitrogens is 1. The molecule has 3 nitrogen and oxygen atoms in total. The average molecular weight is 319 g/mol. The summed E-state index contributed by atoms with van der Waals surface area (Å²) in [7, 11) is 0. The van der Waals surface area contributed by atoms with Gasteiger partial charge in [-0.3, -0.25) is 0 Å². The van der Waals surface area contributed by atoms with E-state index in [2.05, 4.69) is 20.9 Å². The normalized spacial score (nSPS) is 8.95. The minimum absolute atomic E-state index is 0.295. The Kier molecular flexibility index (Phi) is 6.62. The third-order valence-electron chi connectivity index (χ3n) is 2.16. The molecule has 4 heteroatoms. The maximum atomic E-state index is 8.90. The van der Waals surface area contributed by atoms with E-state index < -0.39 is 0 Å². The number of halogens is 1. The van der Waals surface area contributed by atoms with Crippen molar-refractivity contribution in [1.82, 2.24) is 4.98 Å². The van der Waals surface area contributed by atoms with Crippen molar-refractivity contribution in [2.75, 3.05) is 0 Å². The second-order valence-electron chi connectivity index (χ2n) is 3.39. The number of hydrogen-bond donors (Lipinski definition) is 0. The quantitative estimate of drug-likeness (QED) is 0.846. The molecule has 0 unspecified atom stereocenters. The summed E-state index contributed by atoms with van der Waals surface area (Å²) in [4.78, 5) is 3.98. The number of nitriles is 1. The Hall–Kier alpha value is -1.86. The van der Waals surface area contributed by atoms with E-state index in [0.717, 1.165) is 10.0 Å². The zero-order valence-corrected chi connectivity index (χ0v) is 12.5. The van der Waals surface area contributed by atoms with Crippen LogP contribution in [0.1, 0.15) is 25.1 Å². The predicted molar refractivity (Wildman–Crippen MR) is 78.8 cm³/mol. The number of benzene rings is 1. The fourth-order valence-corrected chi connectivity index (χ4v) is 1.66. The zero-order valence-electron chi connectivity index (χ0n) is 10.9. The lowest BCUT2D eigenvalue weighted by atomic mass is 10.2. The molecule has 0 radical (unpaired) electrons. The van der Waals surface area contributed by atoms with Crippen molar-refractivity contribution in [3.8, 4) is 11.8 Å². The fourth-order valence-electron chi connectivity index (χ4n) is 1.35. The van der Waals surface area contributed by atoms with Gasteiger partial charge in [0.25, 0.3) is 0 Å². The number of pyridine rings is 1. The molecular formula is C15H15BrN2O. The summed E-state index contributed by atoms with van der Waals surface area (Å²) in [6, 6.07) is 13.5. The molecule has 0 atom stereocenters. The molecule has 0 saturated heterocycles. The van der Waals surface area contributed by atoms with Crippen molar-refractivity contribution >= 4 is 15.9 Å². The minimum Gasteiger partial charge on any atom is -0.486 e. The summed E-state index contributed by atoms with van der Waals surface area (Å²) < 4.78 is 6.37. The summed E-state index contributed by atoms with van der Waals surface area (Å²) in [5.74, 6) is 0.491. The Bertz CT molecular complexity index is 550. The van der Waals surface area contributed by atoms with Gasteiger partial charge in [-0.25, -0.2) is 4.98 Å². The van der Waals surface area contributed by atoms with Crippen molar-refractivity contribution in [2.24, 2.45) is 0 Å². The van der Waals surface area contributed by atoms with E-state index in [1.165, 1.54) is 0 Å². The van der Waals surface area contributed by atoms with E-state index in [1.54, 1.807) is 12.3 Å². The molecule has 0 fully saturated rings. The van der Waals surface area contributed by atoms with Crippen LogP contribution in [0.25, 0.3) is 0 Å². The van der Waals surface area contributed by atoms with E-state index >= 15 is 0 Å². The molecule has 98 valence electrons. The van der Waals surface area contributed by atoms with Crippen LogP contribution < -0.4 is 4.74 Å². The van der Waals surface area contributed by atoms with Gasteiger partial charge in [-0.15, -0.1) is 0 Å². The van der Waals surface area contributed by atoms with E-state index in [9.17, 15) is 0 Å². The average Bonchev–Trinajstić information content (AvgIpc) is 2.48. The standard InChI is InChI=1S/C13H9BrN2O.C2H6/c14-11-6-13(12(7-15)16-8-11)17-9-10-4-2-1-3-5-10;1-2/h1-6,8H,9H2;1-2H3. The van der Waals surface area contributed by atoms with Gasteiger partial charge >= 0.3 is 0 Å². The first kappa shape index (κ1) is 15.2. The van der Waals surface area contributed by atoms with Crippen LogP contribution in [0.15, 0.2) is 47.1 Å². The lowest BCUT2D eigenvalue weighted by molar-refractivity contribution is 0.303. The van der Waals surface area contributed by atoms with Gasteiger partial charge in [-0.2, -0.15) is 5.26 Å². The summed E-state index contributed by atoms with van der Waals surface area (Å²) in [5, 5.41) is 8.90. The van der Waals surface area contributed by atoms with Crippen LogP contribution in [-0.4, -0.2) is 4.98 Å². The van der Waals surface area contributed by atoms with Gasteiger partial charge in [-0.05, 0) is 27.6 Å². The molecule has 19 heavy (non-hydrogen) atoms. The van der Waals surface area contributed by atoms with Crippen molar-refractivity contribution < 1.29 is 4.74 Å². The summed E-state index contributed by atoms with van der Waals surface area (Å²) in [6.07, 6.45) is 1.58. The molecular weight excluding hydrogens is 304 g/mol. The Balaban J connectivity index is 0.000000861. The highest BCUT2D eigenvalue weighted by molar-refractivity contribution is 9.10. The molecule has 1 aromatic heterocycles. The van der Waals surface area contributed by atoms with E-state index in [4.69, 9.17) is 10.00 Å². The zero-order chi connectivity index (χ0) is 14.1. The van der Waals surface area contributed by atoms with Gasteiger partial charge in [0, 0.05) is 10.7 Å². The Labute approximate surface area is 122 Å². The van der Waals surface area contributed by atoms with Crippen molar-refractivity contribution in [3.05, 3.63) is 58.3 Å². The fraction of sp³-hybridized carbons (Fsp3) is 0.200. The highest BCUT2D eigenvalue weighted by Crippen LogP contribution is 2.21. The number of hydrogen-bond acceptors (Lipinski definition) is 3. The number of ether oxygens (including phenoxy) is 1. The van der Waals surface area contributed by atoms with Crippen LogP contribution in [-0.2, 0) is 6.61 Å². The maximum absolute atomic E-state index is 8.90. The molecule has 1 heterocycles. The number of rotatable bonds is 3. The molecule has 0 amide bonds. The molecule has 0 bridgehead atoms. The first-order valence-electron chi connectivity index (χ1n) is 6.02. The molecule has 1 aromatic carbocycles. The molecule has 0 N–H and O–H groups in total. The van der Waals surface area contributed by atoms with Crippen LogP contribution in [0.4, 0.5) is 0 Å². The van der Waals surface area contributed by atoms with Crippen molar-refractivity contribution in [3.63, 3.8) is 0 Å². The molecule has 2 aromatic rings. The topological polar surface area (TPSA) is 45.9 Å². The third-order valence-corrected chi connectivity index (χ3v) is 2.60. The number of nitrogens with zero attached hydrogens (tertiary/aromatic N) is 2. The van der Waals surface area contributed by atoms with E-state index in [0.29, 0.717) is 18.1 Å². The summed E-state index contributed by atoms with van der Waals surface area (Å²) >= 11 is 3.30. The Morgan fingerprint density at radius 2 is 1.95 bits per heavy atom. The first-order valence-corrected chi connectivity index (χ1v) is 6.81. The van der Waals surface area contributed by atoms with Gasteiger partial charge < -0.3 is 4.74 Å². The molecule has 0 aliphatic rings. The van der Waals surface area contributed by atoms with Gasteiger partial charge in [0.05, 0.1) is 0 Å². The summed E-state index contributed by atoms with van der Waals surface area (Å²) in [6.45, 7) is 4.42. The Morgan fingerprint density at radius 3 is 2.58 bits per heavy atom. The van der Waals surface area contributed by atoms with Crippen LogP contribution in [0, 0.1) is 11.3 Å². The van der Waals surface area contributed by atoms with Gasteiger partial charge in [0.1, 0.15) is 12.7 Å². The van der Waals surface area contributed by atoms with Crippen LogP contribution in [0.2, 0.25) is 0 Å². The van der Waals surface area contributed by atoms with Gasteiger partial charge in [-0.1, -0.05) is 44.2 Å².